The molecule has 13 heteroatoms. The first-order chi connectivity index (χ1) is 17.9. The number of rotatable bonds is 6. The van der Waals surface area contributed by atoms with E-state index in [0.717, 1.165) is 25.7 Å². The average molecular weight is 544 g/mol. The second-order valence-corrected chi connectivity index (χ2v) is 10.3. The first-order valence-electron chi connectivity index (χ1n) is 12.6. The molecule has 3 heterocycles. The Morgan fingerprint density at radius 3 is 2.42 bits per heavy atom. The number of allylic oxidation sites excluding steroid dienone is 2. The van der Waals surface area contributed by atoms with Gasteiger partial charge in [-0.05, 0) is 39.5 Å². The number of nitrogens with one attached hydrogen (secondary N) is 1. The lowest BCUT2D eigenvalue weighted by Gasteiger charge is -2.40. The molecule has 13 nitrogen and oxygen atoms in total. The van der Waals surface area contributed by atoms with Gasteiger partial charge in [0.25, 0.3) is 0 Å². The summed E-state index contributed by atoms with van der Waals surface area (Å²) in [6.45, 7) is 3.81. The Bertz CT molecular complexity index is 921. The molecule has 3 aliphatic heterocycles. The summed E-state index contributed by atoms with van der Waals surface area (Å²) in [6.07, 6.45) is 1.25. The average Bonchev–Trinajstić information content (AvgIpc) is 3.42. The minimum absolute atomic E-state index is 0.0489. The van der Waals surface area contributed by atoms with Gasteiger partial charge in [0.05, 0.1) is 24.2 Å². The van der Waals surface area contributed by atoms with Crippen LogP contribution in [0.2, 0.25) is 0 Å². The molecule has 4 rings (SSSR count). The highest BCUT2D eigenvalue weighted by atomic mass is 16.6. The second-order valence-electron chi connectivity index (χ2n) is 10.3. The van der Waals surface area contributed by atoms with Crippen LogP contribution in [0.4, 0.5) is 0 Å². The van der Waals surface area contributed by atoms with Crippen molar-refractivity contribution in [3.05, 3.63) is 23.8 Å². The van der Waals surface area contributed by atoms with Gasteiger partial charge in [0.15, 0.2) is 6.29 Å². The Morgan fingerprint density at radius 2 is 1.82 bits per heavy atom. The molecule has 0 aromatic rings. The van der Waals surface area contributed by atoms with Gasteiger partial charge >= 0.3 is 17.9 Å². The SMILES string of the molecule is C/C1=C\CC[C@@]2(C)O[C@H]2[C@H]2OC(=O)[C@@H](CN[C@@H]3[C@@H](O)[C@H](O)[C@@H](CO)O[C@H]3O)[C@@H]2CC1.O=C(O)/C=C/C(=O)O. The van der Waals surface area contributed by atoms with Crippen LogP contribution in [0, 0.1) is 11.8 Å². The Kier molecular flexibility index (Phi) is 10.0. The van der Waals surface area contributed by atoms with Gasteiger partial charge in [0, 0.05) is 24.6 Å². The first kappa shape index (κ1) is 30.2. The molecule has 0 saturated carbocycles. The van der Waals surface area contributed by atoms with E-state index in [1.54, 1.807) is 0 Å². The minimum atomic E-state index is -1.42. The van der Waals surface area contributed by atoms with Crippen LogP contribution in [-0.4, -0.2) is 110 Å². The van der Waals surface area contributed by atoms with Crippen LogP contribution in [0.1, 0.15) is 39.5 Å². The molecule has 10 atom stereocenters. The Labute approximate surface area is 219 Å². The summed E-state index contributed by atoms with van der Waals surface area (Å²) in [5.41, 5.74) is 1.01. The molecule has 0 radical (unpaired) electrons. The largest absolute Gasteiger partial charge is 0.478 e. The van der Waals surface area contributed by atoms with Gasteiger partial charge in [0.1, 0.15) is 30.5 Å². The zero-order valence-corrected chi connectivity index (χ0v) is 21.3. The quantitative estimate of drug-likeness (QED) is 0.0920. The smallest absolute Gasteiger partial charge is 0.328 e. The topological polar surface area (TPSA) is 216 Å². The highest BCUT2D eigenvalue weighted by Gasteiger charge is 2.62. The number of aliphatic carboxylic acids is 2. The summed E-state index contributed by atoms with van der Waals surface area (Å²) in [5, 5.41) is 58.4. The van der Waals surface area contributed by atoms with E-state index in [4.69, 9.17) is 24.4 Å². The number of aliphatic hydroxyl groups is 4. The van der Waals surface area contributed by atoms with Crippen molar-refractivity contribution in [2.24, 2.45) is 11.8 Å². The zero-order chi connectivity index (χ0) is 28.2. The monoisotopic (exact) mass is 543 g/mol. The van der Waals surface area contributed by atoms with Gasteiger partial charge in [0.2, 0.25) is 0 Å². The van der Waals surface area contributed by atoms with Crippen LogP contribution in [0.15, 0.2) is 23.8 Å². The maximum Gasteiger partial charge on any atom is 0.328 e. The van der Waals surface area contributed by atoms with Crippen LogP contribution >= 0.6 is 0 Å². The summed E-state index contributed by atoms with van der Waals surface area (Å²) in [4.78, 5) is 31.8. The van der Waals surface area contributed by atoms with Crippen LogP contribution in [-0.2, 0) is 28.6 Å². The number of hydrogen-bond acceptors (Lipinski definition) is 11. The molecular formula is C25H37NO12. The molecule has 0 spiro atoms. The molecular weight excluding hydrogens is 506 g/mol. The first-order valence-corrected chi connectivity index (χ1v) is 12.6. The molecule has 38 heavy (non-hydrogen) atoms. The van der Waals surface area contributed by atoms with Crippen molar-refractivity contribution in [2.75, 3.05) is 13.2 Å². The van der Waals surface area contributed by atoms with E-state index in [0.29, 0.717) is 12.2 Å². The van der Waals surface area contributed by atoms with Crippen molar-refractivity contribution in [1.29, 1.82) is 0 Å². The lowest BCUT2D eigenvalue weighted by Crippen LogP contribution is -2.63. The second kappa shape index (κ2) is 12.6. The van der Waals surface area contributed by atoms with E-state index in [2.05, 4.69) is 25.2 Å². The van der Waals surface area contributed by atoms with Crippen molar-refractivity contribution in [1.82, 2.24) is 5.32 Å². The fourth-order valence-corrected chi connectivity index (χ4v) is 5.30. The Balaban J connectivity index is 0.000000436. The van der Waals surface area contributed by atoms with E-state index >= 15 is 0 Å². The summed E-state index contributed by atoms with van der Waals surface area (Å²) in [5.74, 6) is -3.33. The standard InChI is InChI=1S/C21H33NO8.C4H4O4/c1-10-4-3-7-21(2)18(30-21)17-11(6-5-10)12(19(26)29-17)8-22-14-16(25)15(24)13(9-23)28-20(14)27;5-3(6)1-2-4(7)8/h4,11-18,20,22-25,27H,3,5-9H2,1-2H3;1-2H,(H,5,6)(H,7,8)/b10-4+;2-1+/t11-,12-,13+,14+,15+,16+,17-,18-,20+,21+;/m0./s1. The maximum atomic E-state index is 12.7. The van der Waals surface area contributed by atoms with E-state index < -0.39 is 55.1 Å². The molecule has 0 aromatic carbocycles. The summed E-state index contributed by atoms with van der Waals surface area (Å²) in [6, 6.07) is -0.988. The maximum absolute atomic E-state index is 12.7. The number of epoxide rings is 1. The molecule has 3 fully saturated rings. The molecule has 3 saturated heterocycles. The lowest BCUT2D eigenvalue weighted by molar-refractivity contribution is -0.254. The van der Waals surface area contributed by atoms with Crippen molar-refractivity contribution >= 4 is 17.9 Å². The number of carboxylic acid groups (broad SMARTS) is 2. The van der Waals surface area contributed by atoms with E-state index in [-0.39, 0.29) is 36.2 Å². The van der Waals surface area contributed by atoms with Crippen molar-refractivity contribution < 1.29 is 59.2 Å². The Hall–Kier alpha value is -2.39. The van der Waals surface area contributed by atoms with Crippen LogP contribution in [0.5, 0.6) is 0 Å². The molecule has 0 aromatic heterocycles. The molecule has 0 unspecified atom stereocenters. The number of fused-ring (bicyclic) bond motifs is 3. The number of carbonyl (C=O) groups is 3. The number of hydrogen-bond donors (Lipinski definition) is 7. The summed E-state index contributed by atoms with van der Waals surface area (Å²) >= 11 is 0. The lowest BCUT2D eigenvalue weighted by atomic mass is 9.80. The number of ether oxygens (including phenoxy) is 3. The highest BCUT2D eigenvalue weighted by molar-refractivity contribution is 5.89. The predicted octanol–water partition coefficient (Wildman–Crippen LogP) is -1.08. The molecule has 1 aliphatic carbocycles. The van der Waals surface area contributed by atoms with Crippen molar-refractivity contribution in [3.63, 3.8) is 0 Å². The molecule has 0 bridgehead atoms. The predicted molar refractivity (Wildman–Crippen MR) is 129 cm³/mol. The van der Waals surface area contributed by atoms with Crippen molar-refractivity contribution in [2.45, 2.75) is 88.0 Å². The fraction of sp³-hybridized carbons (Fsp3) is 0.720. The molecule has 7 N–H and O–H groups in total. The van der Waals surface area contributed by atoms with E-state index in [9.17, 15) is 34.8 Å². The van der Waals surface area contributed by atoms with Gasteiger partial charge in [-0.15, -0.1) is 0 Å². The molecule has 214 valence electrons. The van der Waals surface area contributed by atoms with Gasteiger partial charge in [-0.3, -0.25) is 4.79 Å². The third-order valence-corrected chi connectivity index (χ3v) is 7.58. The third kappa shape index (κ3) is 7.17. The fourth-order valence-electron chi connectivity index (χ4n) is 5.30. The highest BCUT2D eigenvalue weighted by Crippen LogP contribution is 2.50. The third-order valence-electron chi connectivity index (χ3n) is 7.58. The van der Waals surface area contributed by atoms with E-state index in [1.165, 1.54) is 5.57 Å². The van der Waals surface area contributed by atoms with Gasteiger partial charge in [-0.1, -0.05) is 11.6 Å². The normalized spacial score (nSPS) is 42.0. The van der Waals surface area contributed by atoms with Crippen molar-refractivity contribution in [3.8, 4) is 0 Å². The van der Waals surface area contributed by atoms with Crippen LogP contribution in [0.3, 0.4) is 0 Å². The van der Waals surface area contributed by atoms with Gasteiger partial charge in [-0.25, -0.2) is 9.59 Å². The Morgan fingerprint density at radius 1 is 1.16 bits per heavy atom. The van der Waals surface area contributed by atoms with E-state index in [1.807, 2.05) is 0 Å². The van der Waals surface area contributed by atoms with Gasteiger partial charge in [-0.2, -0.15) is 0 Å². The number of carbonyl (C=O) groups excluding carboxylic acids is 1. The molecule has 4 aliphatic rings. The minimum Gasteiger partial charge on any atom is -0.478 e. The number of carboxylic acids is 2. The number of aliphatic hydroxyl groups excluding tert-OH is 4. The van der Waals surface area contributed by atoms with Gasteiger partial charge < -0.3 is 50.2 Å². The number of esters is 1. The zero-order valence-electron chi connectivity index (χ0n) is 21.3. The van der Waals surface area contributed by atoms with Crippen LogP contribution < -0.4 is 5.32 Å². The summed E-state index contributed by atoms with van der Waals surface area (Å²) in [7, 11) is 0. The molecule has 0 amide bonds. The van der Waals surface area contributed by atoms with Crippen LogP contribution in [0.25, 0.3) is 0 Å². The summed E-state index contributed by atoms with van der Waals surface area (Å²) < 4.78 is 16.9.